The lowest BCUT2D eigenvalue weighted by molar-refractivity contribution is -0.131. The number of fused-ring (bicyclic) bond motifs is 3. The lowest BCUT2D eigenvalue weighted by Gasteiger charge is -2.41. The average molecular weight is 644 g/mol. The van der Waals surface area contributed by atoms with E-state index in [4.69, 9.17) is 31.3 Å². The molecular weight excluding hydrogens is 612 g/mol. The summed E-state index contributed by atoms with van der Waals surface area (Å²) in [4.78, 5) is 32.9. The number of pyridine rings is 1. The fraction of sp³-hybridized carbons (Fsp3) is 0.382. The van der Waals surface area contributed by atoms with Crippen LogP contribution in [0.4, 0.5) is 14.6 Å². The number of piperazine rings is 1. The van der Waals surface area contributed by atoms with E-state index in [1.807, 2.05) is 35.2 Å². The van der Waals surface area contributed by atoms with E-state index >= 15 is 0 Å². The molecule has 236 valence electrons. The Bertz CT molecular complexity index is 1900. The number of carbonyl (C=O) groups is 1. The Hall–Kier alpha value is -4.40. The van der Waals surface area contributed by atoms with Crippen molar-refractivity contribution in [1.82, 2.24) is 24.8 Å². The molecule has 3 aliphatic heterocycles. The minimum Gasteiger partial charge on any atom is -0.461 e. The zero-order valence-electron chi connectivity index (χ0n) is 25.2. The molecule has 9 nitrogen and oxygen atoms in total. The Morgan fingerprint density at radius 1 is 1.09 bits per heavy atom. The van der Waals surface area contributed by atoms with Gasteiger partial charge in [-0.2, -0.15) is 15.2 Å². The first-order valence-electron chi connectivity index (χ1n) is 15.5. The van der Waals surface area contributed by atoms with Crippen molar-refractivity contribution in [3.63, 3.8) is 0 Å². The van der Waals surface area contributed by atoms with E-state index < -0.39 is 23.6 Å². The number of amides is 1. The maximum Gasteiger partial charge on any atom is 0.320 e. The van der Waals surface area contributed by atoms with E-state index in [0.717, 1.165) is 44.2 Å². The molecule has 1 atom stereocenters. The summed E-state index contributed by atoms with van der Waals surface area (Å²) in [6.07, 6.45) is 4.38. The van der Waals surface area contributed by atoms with Crippen molar-refractivity contribution in [2.24, 2.45) is 0 Å². The molecule has 7 rings (SSSR count). The molecule has 0 spiro atoms. The van der Waals surface area contributed by atoms with Gasteiger partial charge in [-0.3, -0.25) is 9.69 Å². The van der Waals surface area contributed by atoms with Crippen molar-refractivity contribution >= 4 is 45.1 Å². The Morgan fingerprint density at radius 3 is 2.65 bits per heavy atom. The lowest BCUT2D eigenvalue weighted by atomic mass is 9.95. The topological polar surface area (TPSA) is 98.5 Å². The van der Waals surface area contributed by atoms with Gasteiger partial charge in [-0.15, -0.1) is 0 Å². The van der Waals surface area contributed by atoms with Gasteiger partial charge in [0.15, 0.2) is 11.5 Å². The highest BCUT2D eigenvalue weighted by atomic mass is 35.5. The molecule has 2 aromatic carbocycles. The highest BCUT2D eigenvalue weighted by Crippen LogP contribution is 2.40. The van der Waals surface area contributed by atoms with Crippen LogP contribution in [0.3, 0.4) is 0 Å². The summed E-state index contributed by atoms with van der Waals surface area (Å²) in [6, 6.07) is 14.0. The Kier molecular flexibility index (Phi) is 7.95. The van der Waals surface area contributed by atoms with Crippen LogP contribution in [-0.4, -0.2) is 81.6 Å². The third-order valence-electron chi connectivity index (χ3n) is 9.61. The maximum atomic E-state index is 14.6. The Balaban J connectivity index is 1.30. The Labute approximate surface area is 270 Å². The van der Waals surface area contributed by atoms with Crippen molar-refractivity contribution in [3.8, 4) is 23.3 Å². The number of carbonyl (C=O) groups excluding carboxylic acids is 1. The molecule has 0 unspecified atom stereocenters. The number of rotatable bonds is 7. The predicted octanol–water partition coefficient (Wildman–Crippen LogP) is 6.06. The predicted molar refractivity (Wildman–Crippen MR) is 172 cm³/mol. The number of halogens is 3. The summed E-state index contributed by atoms with van der Waals surface area (Å²) in [6.45, 7) is 6.49. The smallest absolute Gasteiger partial charge is 0.320 e. The number of anilines is 1. The quantitative estimate of drug-likeness (QED) is 0.224. The van der Waals surface area contributed by atoms with E-state index in [9.17, 15) is 18.8 Å². The molecule has 0 saturated carbocycles. The second-order valence-electron chi connectivity index (χ2n) is 12.2. The van der Waals surface area contributed by atoms with E-state index in [2.05, 4.69) is 17.5 Å². The number of benzene rings is 2. The molecule has 5 heterocycles. The lowest BCUT2D eigenvalue weighted by Crippen LogP contribution is -2.55. The minimum absolute atomic E-state index is 0.0149. The van der Waals surface area contributed by atoms with Gasteiger partial charge in [-0.1, -0.05) is 42.4 Å². The fourth-order valence-electron chi connectivity index (χ4n) is 7.36. The molecule has 46 heavy (non-hydrogen) atoms. The van der Waals surface area contributed by atoms with Gasteiger partial charge in [-0.25, -0.2) is 13.8 Å². The first kappa shape index (κ1) is 30.3. The first-order valence-corrected chi connectivity index (χ1v) is 15.9. The van der Waals surface area contributed by atoms with Crippen LogP contribution in [0.2, 0.25) is 5.02 Å². The van der Waals surface area contributed by atoms with Crippen LogP contribution in [0.5, 0.6) is 6.01 Å². The summed E-state index contributed by atoms with van der Waals surface area (Å²) in [7, 11) is 0. The van der Waals surface area contributed by atoms with Gasteiger partial charge in [0, 0.05) is 30.6 Å². The van der Waals surface area contributed by atoms with Crippen LogP contribution < -0.4 is 9.64 Å². The maximum absolute atomic E-state index is 14.6. The Morgan fingerprint density at radius 2 is 1.89 bits per heavy atom. The summed E-state index contributed by atoms with van der Waals surface area (Å²) < 4.78 is 34.8. The normalized spacial score (nSPS) is 19.4. The molecule has 0 radical (unpaired) electrons. The van der Waals surface area contributed by atoms with E-state index in [1.54, 1.807) is 6.07 Å². The molecule has 3 aliphatic rings. The van der Waals surface area contributed by atoms with Crippen molar-refractivity contribution in [2.45, 2.75) is 43.7 Å². The molecule has 3 fully saturated rings. The molecule has 0 aliphatic carbocycles. The van der Waals surface area contributed by atoms with E-state index in [1.165, 1.54) is 11.0 Å². The molecule has 3 saturated heterocycles. The number of ether oxygens (including phenoxy) is 1. The van der Waals surface area contributed by atoms with E-state index in [-0.39, 0.29) is 36.1 Å². The SMILES string of the molecule is C=C(F)C(=O)N1CCN(c2nc(OCC34CCCN3CCC4)nc3nc(-c4cccc5ccc(F)c(Cl)c45)ccc23)C[C@@H]1CC#N. The zero-order chi connectivity index (χ0) is 32.0. The molecule has 4 aromatic rings. The number of hydrogen-bond acceptors (Lipinski definition) is 8. The minimum atomic E-state index is -1.06. The third-order valence-corrected chi connectivity index (χ3v) is 9.98. The number of aromatic nitrogens is 3. The monoisotopic (exact) mass is 643 g/mol. The van der Waals surface area contributed by atoms with Gasteiger partial charge < -0.3 is 14.5 Å². The standard InChI is InChI=1S/C34H32ClF2N7O2/c1-21(36)32(45)44-18-17-42(19-23(44)11-14-38)31-25-8-10-27(24-6-2-5-22-7-9-26(37)29(35)28(22)24)39-30(25)40-33(41-31)46-20-34-12-3-15-43(34)16-4-13-34/h2,5-10,23H,1,3-4,11-13,15-20H2/t23-/m0/s1. The van der Waals surface area contributed by atoms with Gasteiger partial charge in [-0.05, 0) is 62.4 Å². The van der Waals surface area contributed by atoms with Crippen LogP contribution in [0, 0.1) is 17.1 Å². The van der Waals surface area contributed by atoms with Gasteiger partial charge in [0.2, 0.25) is 0 Å². The summed E-state index contributed by atoms with van der Waals surface area (Å²) in [5.74, 6) is -1.85. The zero-order valence-corrected chi connectivity index (χ0v) is 25.9. The van der Waals surface area contributed by atoms with Gasteiger partial charge in [0.1, 0.15) is 18.2 Å². The van der Waals surface area contributed by atoms with E-state index in [0.29, 0.717) is 46.6 Å². The van der Waals surface area contributed by atoms with Crippen molar-refractivity contribution in [3.05, 3.63) is 65.7 Å². The van der Waals surface area contributed by atoms with Crippen LogP contribution in [0.15, 0.2) is 54.9 Å². The van der Waals surface area contributed by atoms with Crippen LogP contribution in [0.1, 0.15) is 32.1 Å². The van der Waals surface area contributed by atoms with Crippen molar-refractivity contribution < 1.29 is 18.3 Å². The second kappa shape index (κ2) is 12.1. The highest BCUT2D eigenvalue weighted by molar-refractivity contribution is 6.36. The average Bonchev–Trinajstić information content (AvgIpc) is 3.65. The van der Waals surface area contributed by atoms with Crippen LogP contribution in [0.25, 0.3) is 33.1 Å². The number of hydrogen-bond donors (Lipinski definition) is 0. The van der Waals surface area contributed by atoms with Gasteiger partial charge in [0.05, 0.1) is 40.2 Å². The third kappa shape index (κ3) is 5.29. The molecule has 0 N–H and O–H groups in total. The summed E-state index contributed by atoms with van der Waals surface area (Å²) >= 11 is 6.45. The van der Waals surface area contributed by atoms with Crippen LogP contribution >= 0.6 is 11.6 Å². The molecule has 0 bridgehead atoms. The molecule has 2 aromatic heterocycles. The number of nitriles is 1. The summed E-state index contributed by atoms with van der Waals surface area (Å²) in [5.41, 5.74) is 1.56. The number of nitrogens with zero attached hydrogens (tertiary/aromatic N) is 7. The van der Waals surface area contributed by atoms with Gasteiger partial charge in [0.25, 0.3) is 5.91 Å². The van der Waals surface area contributed by atoms with Crippen LogP contribution in [-0.2, 0) is 4.79 Å². The molecular formula is C34H32ClF2N7O2. The molecule has 12 heteroatoms. The van der Waals surface area contributed by atoms with Gasteiger partial charge >= 0.3 is 6.01 Å². The summed E-state index contributed by atoms with van der Waals surface area (Å²) in [5, 5.41) is 11.5. The van der Waals surface area contributed by atoms with Crippen molar-refractivity contribution in [1.29, 1.82) is 5.26 Å². The highest BCUT2D eigenvalue weighted by Gasteiger charge is 2.45. The second-order valence-corrected chi connectivity index (χ2v) is 12.6. The van der Waals surface area contributed by atoms with Crippen molar-refractivity contribution in [2.75, 3.05) is 44.2 Å². The molecule has 1 amide bonds. The first-order chi connectivity index (χ1) is 22.3. The largest absolute Gasteiger partial charge is 0.461 e. The fourth-order valence-corrected chi connectivity index (χ4v) is 7.64.